The highest BCUT2D eigenvalue weighted by Crippen LogP contribution is 2.13. The molecule has 1 fully saturated rings. The summed E-state index contributed by atoms with van der Waals surface area (Å²) in [6, 6.07) is 5.56. The molecule has 0 saturated carbocycles. The monoisotopic (exact) mass is 298 g/mol. The Morgan fingerprint density at radius 2 is 2.00 bits per heavy atom. The predicted molar refractivity (Wildman–Crippen MR) is 75.9 cm³/mol. The number of anilines is 1. The van der Waals surface area contributed by atoms with Gasteiger partial charge < -0.3 is 15.5 Å². The summed E-state index contributed by atoms with van der Waals surface area (Å²) < 4.78 is 22.2. The van der Waals surface area contributed by atoms with Gasteiger partial charge in [-0.1, -0.05) is 0 Å². The molecule has 1 heterocycles. The molecule has 0 spiro atoms. The van der Waals surface area contributed by atoms with Gasteiger partial charge in [0.15, 0.2) is 0 Å². The van der Waals surface area contributed by atoms with E-state index in [9.17, 15) is 13.2 Å². The number of hydrogen-bond acceptors (Lipinski definition) is 4. The van der Waals surface area contributed by atoms with Crippen LogP contribution in [0.25, 0.3) is 0 Å². The molecule has 2 amide bonds. The van der Waals surface area contributed by atoms with E-state index in [1.165, 1.54) is 24.3 Å². The van der Waals surface area contributed by atoms with Gasteiger partial charge in [0.2, 0.25) is 10.0 Å². The van der Waals surface area contributed by atoms with Crippen molar-refractivity contribution in [3.63, 3.8) is 0 Å². The maximum absolute atomic E-state index is 11.8. The zero-order valence-electron chi connectivity index (χ0n) is 11.2. The van der Waals surface area contributed by atoms with Crippen molar-refractivity contribution in [2.75, 3.05) is 25.5 Å². The Morgan fingerprint density at radius 1 is 1.35 bits per heavy atom. The smallest absolute Gasteiger partial charge is 0.319 e. The first-order valence-corrected chi connectivity index (χ1v) is 7.78. The molecule has 1 unspecified atom stereocenters. The number of primary sulfonamides is 1. The fourth-order valence-electron chi connectivity index (χ4n) is 2.13. The van der Waals surface area contributed by atoms with Crippen LogP contribution in [0.3, 0.4) is 0 Å². The lowest BCUT2D eigenvalue weighted by Crippen LogP contribution is -2.39. The summed E-state index contributed by atoms with van der Waals surface area (Å²) in [5.74, 6) is 0. The van der Waals surface area contributed by atoms with Crippen molar-refractivity contribution >= 4 is 21.7 Å². The summed E-state index contributed by atoms with van der Waals surface area (Å²) in [5, 5.41) is 10.5. The van der Waals surface area contributed by atoms with Crippen molar-refractivity contribution in [3.05, 3.63) is 24.3 Å². The molecule has 4 N–H and O–H groups in total. The van der Waals surface area contributed by atoms with Crippen molar-refractivity contribution in [1.82, 2.24) is 10.2 Å². The minimum absolute atomic E-state index is 0.0147. The maximum atomic E-state index is 11.8. The third-order valence-electron chi connectivity index (χ3n) is 3.17. The number of hydrogen-bond donors (Lipinski definition) is 3. The molecule has 20 heavy (non-hydrogen) atoms. The number of rotatable bonds is 3. The van der Waals surface area contributed by atoms with Crippen molar-refractivity contribution in [2.24, 2.45) is 5.14 Å². The van der Waals surface area contributed by atoms with Crippen LogP contribution in [0.15, 0.2) is 29.2 Å². The van der Waals surface area contributed by atoms with E-state index in [2.05, 4.69) is 15.5 Å². The second kappa shape index (κ2) is 5.78. The molecule has 1 aromatic rings. The van der Waals surface area contributed by atoms with Gasteiger partial charge in [-0.25, -0.2) is 18.4 Å². The summed E-state index contributed by atoms with van der Waals surface area (Å²) in [6.45, 7) is 1.80. The first kappa shape index (κ1) is 14.8. The maximum Gasteiger partial charge on any atom is 0.319 e. The molecule has 1 aromatic carbocycles. The highest BCUT2D eigenvalue weighted by molar-refractivity contribution is 7.89. The van der Waals surface area contributed by atoms with Gasteiger partial charge >= 0.3 is 6.03 Å². The van der Waals surface area contributed by atoms with Crippen LogP contribution in [0, 0.1) is 0 Å². The number of amides is 2. The fourth-order valence-corrected chi connectivity index (χ4v) is 2.65. The molecule has 7 nitrogen and oxygen atoms in total. The van der Waals surface area contributed by atoms with Crippen LogP contribution in [0.1, 0.15) is 6.42 Å². The van der Waals surface area contributed by atoms with Crippen LogP contribution in [0.4, 0.5) is 10.5 Å². The van der Waals surface area contributed by atoms with Gasteiger partial charge in [-0.2, -0.15) is 0 Å². The number of nitrogens with zero attached hydrogens (tertiary/aromatic N) is 1. The average Bonchev–Trinajstić information content (AvgIpc) is 2.74. The van der Waals surface area contributed by atoms with Crippen LogP contribution in [-0.4, -0.2) is 45.5 Å². The molecule has 0 aliphatic carbocycles. The number of benzene rings is 1. The molecular formula is C12H18N4O3S. The predicted octanol–water partition coefficient (Wildman–Crippen LogP) is 0.160. The van der Waals surface area contributed by atoms with Crippen LogP contribution in [0.5, 0.6) is 0 Å². The van der Waals surface area contributed by atoms with Crippen molar-refractivity contribution in [1.29, 1.82) is 0 Å². The average molecular weight is 298 g/mol. The van der Waals surface area contributed by atoms with Crippen LogP contribution < -0.4 is 15.8 Å². The molecule has 0 bridgehead atoms. The molecule has 110 valence electrons. The Kier molecular flexibility index (Phi) is 4.26. The molecule has 1 aliphatic heterocycles. The first-order valence-electron chi connectivity index (χ1n) is 6.23. The quantitative estimate of drug-likeness (QED) is 0.739. The number of likely N-dealkylation sites (tertiary alicyclic amines) is 1. The lowest BCUT2D eigenvalue weighted by Gasteiger charge is -2.13. The second-order valence-corrected chi connectivity index (χ2v) is 6.48. The normalized spacial score (nSPS) is 19.8. The van der Waals surface area contributed by atoms with Gasteiger partial charge in [0.05, 0.1) is 4.90 Å². The van der Waals surface area contributed by atoms with Gasteiger partial charge in [-0.15, -0.1) is 0 Å². The second-order valence-electron chi connectivity index (χ2n) is 4.92. The van der Waals surface area contributed by atoms with Crippen molar-refractivity contribution in [2.45, 2.75) is 17.4 Å². The zero-order valence-corrected chi connectivity index (χ0v) is 12.0. The zero-order chi connectivity index (χ0) is 14.8. The van der Waals surface area contributed by atoms with Gasteiger partial charge in [0, 0.05) is 18.3 Å². The molecule has 2 rings (SSSR count). The summed E-state index contributed by atoms with van der Waals surface area (Å²) in [6.07, 6.45) is 0.925. The fraction of sp³-hybridized carbons (Fsp3) is 0.417. The molecule has 0 aromatic heterocycles. The molecular weight excluding hydrogens is 280 g/mol. The van der Waals surface area contributed by atoms with Gasteiger partial charge in [-0.3, -0.25) is 0 Å². The number of sulfonamides is 1. The summed E-state index contributed by atoms with van der Waals surface area (Å²) in [5.41, 5.74) is 0.515. The van der Waals surface area contributed by atoms with Crippen molar-refractivity contribution < 1.29 is 13.2 Å². The van der Waals surface area contributed by atoms with Crippen LogP contribution in [0.2, 0.25) is 0 Å². The number of urea groups is 1. The highest BCUT2D eigenvalue weighted by atomic mass is 32.2. The van der Waals surface area contributed by atoms with Crippen LogP contribution in [-0.2, 0) is 10.0 Å². The standard InChI is InChI=1S/C12H18N4O3S/c1-16-7-6-10(8-16)15-12(17)14-9-2-4-11(5-3-9)20(13,18)19/h2-5,10H,6-8H2,1H3,(H2,13,18,19)(H2,14,15,17). The number of likely N-dealkylation sites (N-methyl/N-ethyl adjacent to an activating group) is 1. The van der Waals surface area contributed by atoms with Crippen molar-refractivity contribution in [3.8, 4) is 0 Å². The Bertz CT molecular complexity index is 585. The first-order chi connectivity index (χ1) is 9.34. The van der Waals surface area contributed by atoms with Gasteiger partial charge in [-0.05, 0) is 44.3 Å². The molecule has 0 radical (unpaired) electrons. The minimum Gasteiger partial charge on any atom is -0.334 e. The summed E-state index contributed by atoms with van der Waals surface area (Å²) >= 11 is 0. The number of nitrogens with two attached hydrogens (primary N) is 1. The van der Waals surface area contributed by atoms with E-state index in [1.54, 1.807) is 0 Å². The molecule has 1 aliphatic rings. The Labute approximate surface area is 118 Å². The molecule has 1 saturated heterocycles. The Hall–Kier alpha value is -1.64. The number of carbonyl (C=O) groups excluding carboxylic acids is 1. The summed E-state index contributed by atoms with van der Waals surface area (Å²) in [7, 11) is -1.70. The van der Waals surface area contributed by atoms with E-state index < -0.39 is 10.0 Å². The SMILES string of the molecule is CN1CCC(NC(=O)Nc2ccc(S(N)(=O)=O)cc2)C1. The third kappa shape index (κ3) is 3.92. The number of carbonyl (C=O) groups is 1. The van der Waals surface area contributed by atoms with E-state index in [0.717, 1.165) is 19.5 Å². The highest BCUT2D eigenvalue weighted by Gasteiger charge is 2.20. The van der Waals surface area contributed by atoms with E-state index >= 15 is 0 Å². The van der Waals surface area contributed by atoms with E-state index in [4.69, 9.17) is 5.14 Å². The molecule has 8 heteroatoms. The van der Waals surface area contributed by atoms with E-state index in [-0.39, 0.29) is 17.0 Å². The number of nitrogens with one attached hydrogen (secondary N) is 2. The van der Waals surface area contributed by atoms with Gasteiger partial charge in [0.1, 0.15) is 0 Å². The van der Waals surface area contributed by atoms with E-state index in [0.29, 0.717) is 5.69 Å². The summed E-state index contributed by atoms with van der Waals surface area (Å²) in [4.78, 5) is 13.9. The Balaban J connectivity index is 1.91. The lowest BCUT2D eigenvalue weighted by molar-refractivity contribution is 0.248. The van der Waals surface area contributed by atoms with E-state index in [1.807, 2.05) is 7.05 Å². The topological polar surface area (TPSA) is 105 Å². The van der Waals surface area contributed by atoms with Crippen LogP contribution >= 0.6 is 0 Å². The minimum atomic E-state index is -3.71. The van der Waals surface area contributed by atoms with Gasteiger partial charge in [0.25, 0.3) is 0 Å². The largest absolute Gasteiger partial charge is 0.334 e. The molecule has 1 atom stereocenters. The lowest BCUT2D eigenvalue weighted by atomic mass is 10.3. The Morgan fingerprint density at radius 3 is 2.50 bits per heavy atom. The third-order valence-corrected chi connectivity index (χ3v) is 4.10.